The third kappa shape index (κ3) is 5.93. The van der Waals surface area contributed by atoms with Gasteiger partial charge in [0.25, 0.3) is 11.3 Å². The second kappa shape index (κ2) is 9.89. The summed E-state index contributed by atoms with van der Waals surface area (Å²) >= 11 is 4.11. The maximum atomic E-state index is 12.6. The van der Waals surface area contributed by atoms with Crippen molar-refractivity contribution >= 4 is 34.4 Å². The largest absolute Gasteiger partial charge is 0.298 e. The van der Waals surface area contributed by atoms with Crippen LogP contribution in [0.3, 0.4) is 0 Å². The van der Waals surface area contributed by atoms with Gasteiger partial charge in [-0.2, -0.15) is 13.7 Å². The van der Waals surface area contributed by atoms with E-state index in [1.165, 1.54) is 11.2 Å². The molecular formula is C19H27ClN2O4S. The highest BCUT2D eigenvalue weighted by atomic mass is 35.5. The van der Waals surface area contributed by atoms with Crippen LogP contribution in [0.15, 0.2) is 24.3 Å². The number of ketones is 2. The Labute approximate surface area is 168 Å². The van der Waals surface area contributed by atoms with Gasteiger partial charge in [-0.05, 0) is 49.9 Å². The number of hydrogen-bond donors (Lipinski definition) is 0. The SMILES string of the molecule is CC(=O)[C@@H](C(C)C)N(C)S(=O)ON1CCC(C(=O)c2ccc(Cl)cc2)CC1. The van der Waals surface area contributed by atoms with Crippen LogP contribution in [0.25, 0.3) is 0 Å². The molecule has 0 N–H and O–H groups in total. The Bertz CT molecular complexity index is 687. The van der Waals surface area contributed by atoms with Gasteiger partial charge in [-0.25, -0.2) is 4.21 Å². The molecule has 1 unspecified atom stereocenters. The second-order valence-electron chi connectivity index (χ2n) is 7.21. The van der Waals surface area contributed by atoms with Gasteiger partial charge in [0.05, 0.1) is 6.04 Å². The number of piperidine rings is 1. The highest BCUT2D eigenvalue weighted by Crippen LogP contribution is 2.24. The first-order chi connectivity index (χ1) is 12.7. The van der Waals surface area contributed by atoms with E-state index in [2.05, 4.69) is 0 Å². The molecule has 150 valence electrons. The first-order valence-corrected chi connectivity index (χ1v) is 10.5. The lowest BCUT2D eigenvalue weighted by Crippen LogP contribution is -2.45. The minimum Gasteiger partial charge on any atom is -0.298 e. The molecule has 1 aliphatic heterocycles. The van der Waals surface area contributed by atoms with Crippen LogP contribution < -0.4 is 0 Å². The second-order valence-corrected chi connectivity index (χ2v) is 8.81. The Morgan fingerprint density at radius 3 is 2.26 bits per heavy atom. The van der Waals surface area contributed by atoms with Crippen molar-refractivity contribution in [2.75, 3.05) is 20.1 Å². The summed E-state index contributed by atoms with van der Waals surface area (Å²) in [6.45, 7) is 6.33. The molecule has 8 heteroatoms. The van der Waals surface area contributed by atoms with Crippen LogP contribution in [0.4, 0.5) is 0 Å². The molecule has 0 aliphatic carbocycles. The molecule has 1 aromatic rings. The Morgan fingerprint density at radius 2 is 1.78 bits per heavy atom. The molecule has 0 radical (unpaired) electrons. The molecule has 0 aromatic heterocycles. The quantitative estimate of drug-likeness (QED) is 0.610. The minimum absolute atomic E-state index is 0.0304. The fraction of sp³-hybridized carbons (Fsp3) is 0.579. The molecule has 0 bridgehead atoms. The van der Waals surface area contributed by atoms with Gasteiger partial charge >= 0.3 is 0 Å². The molecule has 27 heavy (non-hydrogen) atoms. The van der Waals surface area contributed by atoms with Crippen LogP contribution in [0.1, 0.15) is 44.0 Å². The van der Waals surface area contributed by atoms with Crippen molar-refractivity contribution in [1.29, 1.82) is 0 Å². The van der Waals surface area contributed by atoms with E-state index >= 15 is 0 Å². The number of Topliss-reactive ketones (excluding diaryl/α,β-unsaturated/α-hetero) is 2. The molecule has 0 saturated carbocycles. The number of hydroxylamine groups is 2. The smallest absolute Gasteiger partial charge is 0.255 e. The Hall–Kier alpha value is -1.12. The predicted octanol–water partition coefficient (Wildman–Crippen LogP) is 3.29. The summed E-state index contributed by atoms with van der Waals surface area (Å²) in [4.78, 5) is 24.4. The highest BCUT2D eigenvalue weighted by molar-refractivity contribution is 7.77. The van der Waals surface area contributed by atoms with E-state index in [1.807, 2.05) is 13.8 Å². The summed E-state index contributed by atoms with van der Waals surface area (Å²) in [5.41, 5.74) is 0.656. The van der Waals surface area contributed by atoms with Crippen LogP contribution in [-0.4, -0.2) is 51.3 Å². The van der Waals surface area contributed by atoms with Crippen LogP contribution >= 0.6 is 11.6 Å². The van der Waals surface area contributed by atoms with Gasteiger partial charge in [-0.3, -0.25) is 9.59 Å². The van der Waals surface area contributed by atoms with E-state index < -0.39 is 17.3 Å². The molecule has 1 heterocycles. The summed E-state index contributed by atoms with van der Waals surface area (Å²) in [6.07, 6.45) is 1.26. The molecule has 1 fully saturated rings. The minimum atomic E-state index is -1.76. The van der Waals surface area contributed by atoms with Crippen molar-refractivity contribution in [1.82, 2.24) is 9.37 Å². The fourth-order valence-electron chi connectivity index (χ4n) is 3.42. The van der Waals surface area contributed by atoms with Crippen molar-refractivity contribution in [3.63, 3.8) is 0 Å². The van der Waals surface area contributed by atoms with Gasteiger partial charge in [-0.1, -0.05) is 25.4 Å². The van der Waals surface area contributed by atoms with Crippen LogP contribution in [-0.2, 0) is 20.3 Å². The number of halogens is 1. The van der Waals surface area contributed by atoms with Crippen LogP contribution in [0.2, 0.25) is 5.02 Å². The number of carbonyl (C=O) groups is 2. The molecule has 0 spiro atoms. The summed E-state index contributed by atoms with van der Waals surface area (Å²) in [7, 11) is 1.62. The van der Waals surface area contributed by atoms with Gasteiger partial charge in [0.15, 0.2) is 5.78 Å². The number of nitrogens with zero attached hydrogens (tertiary/aromatic N) is 2. The lowest BCUT2D eigenvalue weighted by Gasteiger charge is -2.32. The lowest BCUT2D eigenvalue weighted by atomic mass is 9.89. The monoisotopic (exact) mass is 414 g/mol. The number of likely N-dealkylation sites (N-methyl/N-ethyl adjacent to an activating group) is 1. The van der Waals surface area contributed by atoms with E-state index in [0.29, 0.717) is 36.5 Å². The maximum Gasteiger partial charge on any atom is 0.255 e. The predicted molar refractivity (Wildman–Crippen MR) is 106 cm³/mol. The molecule has 1 aliphatic rings. The van der Waals surface area contributed by atoms with E-state index in [9.17, 15) is 13.8 Å². The van der Waals surface area contributed by atoms with Crippen molar-refractivity contribution in [3.8, 4) is 0 Å². The number of carbonyl (C=O) groups excluding carboxylic acids is 2. The third-order valence-electron chi connectivity index (χ3n) is 4.80. The van der Waals surface area contributed by atoms with E-state index in [0.717, 1.165) is 0 Å². The Kier molecular flexibility index (Phi) is 8.12. The average Bonchev–Trinajstić information content (AvgIpc) is 2.61. The van der Waals surface area contributed by atoms with Gasteiger partial charge in [-0.15, -0.1) is 0 Å². The zero-order chi connectivity index (χ0) is 20.1. The summed E-state index contributed by atoms with van der Waals surface area (Å²) in [6, 6.07) is 6.45. The Morgan fingerprint density at radius 1 is 1.22 bits per heavy atom. The first kappa shape index (κ1) is 22.2. The van der Waals surface area contributed by atoms with E-state index in [1.54, 1.807) is 36.4 Å². The van der Waals surface area contributed by atoms with Gasteiger partial charge in [0.1, 0.15) is 5.78 Å². The molecular weight excluding hydrogens is 388 g/mol. The van der Waals surface area contributed by atoms with Gasteiger partial charge < -0.3 is 0 Å². The zero-order valence-electron chi connectivity index (χ0n) is 16.2. The van der Waals surface area contributed by atoms with E-state index in [4.69, 9.17) is 15.9 Å². The normalized spacial score (nSPS) is 18.6. The standard InChI is InChI=1S/C19H27ClN2O4S/c1-13(2)18(14(3)23)21(4)27(25)26-22-11-9-16(10-12-22)19(24)15-5-7-17(20)8-6-15/h5-8,13,16,18H,9-12H2,1-4H3/t18-,27?/m1/s1. The third-order valence-corrected chi connectivity index (χ3v) is 6.09. The van der Waals surface area contributed by atoms with E-state index in [-0.39, 0.29) is 23.4 Å². The molecule has 1 saturated heterocycles. The highest BCUT2D eigenvalue weighted by Gasteiger charge is 2.31. The number of hydrogen-bond acceptors (Lipinski definition) is 5. The van der Waals surface area contributed by atoms with Crippen LogP contribution in [0.5, 0.6) is 0 Å². The molecule has 2 atom stereocenters. The molecule has 6 nitrogen and oxygen atoms in total. The van der Waals surface area contributed by atoms with Crippen molar-refractivity contribution < 1.29 is 18.1 Å². The summed E-state index contributed by atoms with van der Waals surface area (Å²) in [5.74, 6) is -0.00154. The number of rotatable bonds is 8. The molecule has 1 aromatic carbocycles. The van der Waals surface area contributed by atoms with Crippen molar-refractivity contribution in [2.24, 2.45) is 11.8 Å². The molecule has 0 amide bonds. The van der Waals surface area contributed by atoms with Crippen LogP contribution in [0, 0.1) is 11.8 Å². The maximum absolute atomic E-state index is 12.6. The topological polar surface area (TPSA) is 66.9 Å². The average molecular weight is 415 g/mol. The zero-order valence-corrected chi connectivity index (χ0v) is 17.8. The lowest BCUT2D eigenvalue weighted by molar-refractivity contribution is -0.122. The first-order valence-electron chi connectivity index (χ1n) is 9.09. The van der Waals surface area contributed by atoms with Crippen molar-refractivity contribution in [2.45, 2.75) is 39.7 Å². The van der Waals surface area contributed by atoms with Gasteiger partial charge in [0, 0.05) is 36.6 Å². The Balaban J connectivity index is 1.88. The number of benzene rings is 1. The fourth-order valence-corrected chi connectivity index (χ4v) is 4.56. The van der Waals surface area contributed by atoms with Gasteiger partial charge in [0.2, 0.25) is 0 Å². The summed E-state index contributed by atoms with van der Waals surface area (Å²) < 4.78 is 19.5. The molecule has 2 rings (SSSR count). The summed E-state index contributed by atoms with van der Waals surface area (Å²) in [5, 5.41) is 2.22. The van der Waals surface area contributed by atoms with Crippen molar-refractivity contribution in [3.05, 3.63) is 34.9 Å².